The van der Waals surface area contributed by atoms with E-state index in [1.807, 2.05) is 0 Å². The molecule has 2 atom stereocenters. The highest BCUT2D eigenvalue weighted by Crippen LogP contribution is 2.47. The minimum atomic E-state index is -4.19. The summed E-state index contributed by atoms with van der Waals surface area (Å²) in [5.41, 5.74) is 1.15. The molecule has 7 nitrogen and oxygen atoms in total. The summed E-state index contributed by atoms with van der Waals surface area (Å²) >= 11 is 0. The average molecular weight is 506 g/mol. The zero-order valence-corrected chi connectivity index (χ0v) is 19.6. The molecule has 35 heavy (non-hydrogen) atoms. The van der Waals surface area contributed by atoms with Crippen LogP contribution >= 0.6 is 0 Å². The van der Waals surface area contributed by atoms with Crippen LogP contribution in [-0.2, 0) is 32.4 Å². The lowest BCUT2D eigenvalue weighted by molar-refractivity contribution is -0.160. The van der Waals surface area contributed by atoms with E-state index >= 15 is 0 Å². The summed E-state index contributed by atoms with van der Waals surface area (Å²) < 4.78 is 75.1. The third kappa shape index (κ3) is 3.82. The van der Waals surface area contributed by atoms with E-state index in [4.69, 9.17) is 4.74 Å². The highest BCUT2D eigenvalue weighted by molar-refractivity contribution is 7.89. The van der Waals surface area contributed by atoms with Gasteiger partial charge in [-0.05, 0) is 73.2 Å². The minimum absolute atomic E-state index is 0.102. The first-order valence-corrected chi connectivity index (χ1v) is 12.4. The molecule has 3 aromatic rings. The minimum Gasteiger partial charge on any atom is -0.469 e. The van der Waals surface area contributed by atoms with Gasteiger partial charge in [-0.15, -0.1) is 0 Å². The molecule has 0 saturated carbocycles. The summed E-state index contributed by atoms with van der Waals surface area (Å²) in [7, 11) is -2.93. The largest absolute Gasteiger partial charge is 0.469 e. The Bertz CT molecular complexity index is 1410. The highest BCUT2D eigenvalue weighted by Gasteiger charge is 2.55. The van der Waals surface area contributed by atoms with Crippen molar-refractivity contribution in [1.82, 2.24) is 14.1 Å². The van der Waals surface area contributed by atoms with Crippen LogP contribution in [-0.4, -0.2) is 48.7 Å². The lowest BCUT2D eigenvalue weighted by Gasteiger charge is -2.48. The van der Waals surface area contributed by atoms with Gasteiger partial charge >= 0.3 is 5.97 Å². The molecule has 2 unspecified atom stereocenters. The number of methoxy groups -OCH3 is 1. The number of aromatic nitrogens is 2. The second kappa shape index (κ2) is 8.49. The Balaban J connectivity index is 1.51. The number of carbonyl (C=O) groups is 1. The van der Waals surface area contributed by atoms with Gasteiger partial charge in [-0.1, -0.05) is 0 Å². The van der Waals surface area contributed by atoms with Gasteiger partial charge in [-0.3, -0.25) is 4.79 Å². The predicted molar refractivity (Wildman–Crippen MR) is 119 cm³/mol. The predicted octanol–water partition coefficient (Wildman–Crippen LogP) is 3.26. The van der Waals surface area contributed by atoms with E-state index in [1.165, 1.54) is 19.2 Å². The smallest absolute Gasteiger partial charge is 0.313 e. The van der Waals surface area contributed by atoms with E-state index in [0.717, 1.165) is 27.7 Å². The normalized spacial score (nSPS) is 22.3. The molecular formula is C24H22F3N3O4S. The lowest BCUT2D eigenvalue weighted by Crippen LogP contribution is -2.58. The van der Waals surface area contributed by atoms with Crippen LogP contribution in [0.4, 0.5) is 13.2 Å². The number of benzene rings is 2. The number of sulfonamides is 1. The molecule has 0 amide bonds. The fourth-order valence-electron chi connectivity index (χ4n) is 5.25. The third-order valence-corrected chi connectivity index (χ3v) is 8.90. The molecule has 1 aliphatic heterocycles. The molecule has 2 aromatic carbocycles. The number of piperidine rings is 1. The number of hydrogen-bond donors (Lipinski definition) is 0. The van der Waals surface area contributed by atoms with Crippen LogP contribution in [0.3, 0.4) is 0 Å². The van der Waals surface area contributed by atoms with Gasteiger partial charge in [0.05, 0.1) is 29.3 Å². The molecule has 0 N–H and O–H groups in total. The molecule has 184 valence electrons. The first-order chi connectivity index (χ1) is 16.7. The van der Waals surface area contributed by atoms with Gasteiger partial charge in [0.15, 0.2) is 11.6 Å². The summed E-state index contributed by atoms with van der Waals surface area (Å²) in [6.45, 7) is -0.0579. The Labute approximate surface area is 200 Å². The molecule has 2 aliphatic rings. The Morgan fingerprint density at radius 3 is 2.54 bits per heavy atom. The van der Waals surface area contributed by atoms with Gasteiger partial charge in [0.1, 0.15) is 5.82 Å². The number of hydrogen-bond acceptors (Lipinski definition) is 5. The van der Waals surface area contributed by atoms with Gasteiger partial charge in [-0.2, -0.15) is 9.40 Å². The van der Waals surface area contributed by atoms with Gasteiger partial charge in [0, 0.05) is 18.8 Å². The molecule has 0 radical (unpaired) electrons. The lowest BCUT2D eigenvalue weighted by atomic mass is 9.63. The maximum Gasteiger partial charge on any atom is 0.313 e. The number of rotatable bonds is 4. The van der Waals surface area contributed by atoms with Crippen LogP contribution in [0.5, 0.6) is 0 Å². The Hall–Kier alpha value is -3.18. The van der Waals surface area contributed by atoms with Crippen molar-refractivity contribution in [3.05, 3.63) is 77.4 Å². The topological polar surface area (TPSA) is 81.5 Å². The molecule has 1 aliphatic carbocycles. The number of nitrogens with zero attached hydrogens (tertiary/aromatic N) is 3. The average Bonchev–Trinajstić information content (AvgIpc) is 3.25. The molecule has 1 saturated heterocycles. The second-order valence-corrected chi connectivity index (χ2v) is 10.9. The van der Waals surface area contributed by atoms with Crippen LogP contribution in [0.25, 0.3) is 5.69 Å². The molecular weight excluding hydrogens is 483 g/mol. The number of carbonyl (C=O) groups excluding carboxylic acids is 1. The first-order valence-electron chi connectivity index (χ1n) is 11.0. The van der Waals surface area contributed by atoms with Crippen molar-refractivity contribution in [3.63, 3.8) is 0 Å². The zero-order chi connectivity index (χ0) is 25.0. The van der Waals surface area contributed by atoms with E-state index in [2.05, 4.69) is 5.10 Å². The van der Waals surface area contributed by atoms with Crippen molar-refractivity contribution < 1.29 is 31.1 Å². The quantitative estimate of drug-likeness (QED) is 0.509. The molecule has 1 fully saturated rings. The van der Waals surface area contributed by atoms with E-state index < -0.39 is 33.0 Å². The summed E-state index contributed by atoms with van der Waals surface area (Å²) in [4.78, 5) is 12.8. The molecule has 0 spiro atoms. The van der Waals surface area contributed by atoms with E-state index in [0.29, 0.717) is 24.6 Å². The molecule has 5 rings (SSSR count). The van der Waals surface area contributed by atoms with Crippen LogP contribution in [0.1, 0.15) is 17.7 Å². The van der Waals surface area contributed by atoms with Crippen molar-refractivity contribution in [2.45, 2.75) is 24.2 Å². The Morgan fingerprint density at radius 1 is 1.11 bits per heavy atom. The summed E-state index contributed by atoms with van der Waals surface area (Å²) in [6, 6.07) is 8.33. The van der Waals surface area contributed by atoms with Crippen LogP contribution in [0, 0.1) is 28.8 Å². The highest BCUT2D eigenvalue weighted by atomic mass is 32.2. The van der Waals surface area contributed by atoms with Crippen molar-refractivity contribution in [2.75, 3.05) is 20.2 Å². The summed E-state index contributed by atoms with van der Waals surface area (Å²) in [5, 5.41) is 4.44. The maximum absolute atomic E-state index is 13.8. The first kappa shape index (κ1) is 23.6. The molecule has 2 heterocycles. The van der Waals surface area contributed by atoms with Gasteiger partial charge < -0.3 is 4.74 Å². The maximum atomic E-state index is 13.8. The Morgan fingerprint density at radius 2 is 1.86 bits per heavy atom. The SMILES string of the molecule is COC(=O)C12Cc3cnn(-c4ccc(F)cc4)c3CC1CCN(S(=O)(=O)c1ccc(F)c(F)c1)C2. The van der Waals surface area contributed by atoms with Crippen molar-refractivity contribution >= 4 is 16.0 Å². The number of ether oxygens (including phenoxy) is 1. The van der Waals surface area contributed by atoms with Crippen LogP contribution < -0.4 is 0 Å². The zero-order valence-electron chi connectivity index (χ0n) is 18.7. The third-order valence-electron chi connectivity index (χ3n) is 7.06. The van der Waals surface area contributed by atoms with Gasteiger partial charge in [-0.25, -0.2) is 26.3 Å². The fourth-order valence-corrected chi connectivity index (χ4v) is 6.78. The van der Waals surface area contributed by atoms with Gasteiger partial charge in [0.25, 0.3) is 0 Å². The monoisotopic (exact) mass is 505 g/mol. The fraction of sp³-hybridized carbons (Fsp3) is 0.333. The molecule has 0 bridgehead atoms. The van der Waals surface area contributed by atoms with Gasteiger partial charge in [0.2, 0.25) is 10.0 Å². The molecule has 11 heteroatoms. The number of esters is 1. The second-order valence-electron chi connectivity index (χ2n) is 8.93. The van der Waals surface area contributed by atoms with E-state index in [9.17, 15) is 26.4 Å². The standard InChI is InChI=1S/C24H22F3N3O4S/c1-34-23(31)24-12-15-13-28-30(18-4-2-17(25)3-5-18)22(15)10-16(24)8-9-29(14-24)35(32,33)19-6-7-20(26)21(27)11-19/h2-7,11,13,16H,8-10,12,14H2,1H3. The summed E-state index contributed by atoms with van der Waals surface area (Å²) in [5.74, 6) is -3.55. The number of fused-ring (bicyclic) bond motifs is 2. The van der Waals surface area contributed by atoms with E-state index in [-0.39, 0.29) is 36.1 Å². The van der Waals surface area contributed by atoms with Crippen molar-refractivity contribution in [3.8, 4) is 5.69 Å². The van der Waals surface area contributed by atoms with Crippen molar-refractivity contribution in [2.24, 2.45) is 11.3 Å². The molecule has 1 aromatic heterocycles. The Kier molecular flexibility index (Phi) is 5.71. The number of halogens is 3. The van der Waals surface area contributed by atoms with Crippen molar-refractivity contribution in [1.29, 1.82) is 0 Å². The summed E-state index contributed by atoms with van der Waals surface area (Å²) in [6.07, 6.45) is 2.62. The van der Waals surface area contributed by atoms with E-state index in [1.54, 1.807) is 23.0 Å². The van der Waals surface area contributed by atoms with Crippen LogP contribution in [0.15, 0.2) is 53.6 Å². The van der Waals surface area contributed by atoms with Crippen LogP contribution in [0.2, 0.25) is 0 Å².